The molecule has 0 amide bonds. The molecule has 0 atom stereocenters. The molecule has 4 N–H and O–H groups in total. The van der Waals surface area contributed by atoms with E-state index in [-0.39, 0.29) is 0 Å². The highest BCUT2D eigenvalue weighted by molar-refractivity contribution is 5.61. The number of nitriles is 1. The standard InChI is InChI=1S/C13H19N3O/c1-3-13(17,4-2)9-16-11-5-6-12(15)10(7-11)8-14/h5-7,16-17H,3-4,9,15H2,1-2H3. The van der Waals surface area contributed by atoms with Crippen molar-refractivity contribution in [2.24, 2.45) is 0 Å². The molecule has 0 bridgehead atoms. The smallest absolute Gasteiger partial charge is 0.101 e. The van der Waals surface area contributed by atoms with E-state index >= 15 is 0 Å². The number of nitrogens with zero attached hydrogens (tertiary/aromatic N) is 1. The van der Waals surface area contributed by atoms with Gasteiger partial charge >= 0.3 is 0 Å². The number of nitrogen functional groups attached to an aromatic ring is 1. The number of anilines is 2. The summed E-state index contributed by atoms with van der Waals surface area (Å²) in [6.45, 7) is 4.37. The Labute approximate surface area is 102 Å². The fraction of sp³-hybridized carbons (Fsp3) is 0.462. The zero-order valence-corrected chi connectivity index (χ0v) is 10.3. The van der Waals surface area contributed by atoms with Gasteiger partial charge in [-0.3, -0.25) is 0 Å². The fourth-order valence-corrected chi connectivity index (χ4v) is 1.53. The largest absolute Gasteiger partial charge is 0.398 e. The van der Waals surface area contributed by atoms with Gasteiger partial charge in [0.2, 0.25) is 0 Å². The zero-order valence-electron chi connectivity index (χ0n) is 10.3. The van der Waals surface area contributed by atoms with Crippen molar-refractivity contribution in [2.45, 2.75) is 32.3 Å². The van der Waals surface area contributed by atoms with Gasteiger partial charge in [0.15, 0.2) is 0 Å². The molecule has 1 rings (SSSR count). The van der Waals surface area contributed by atoms with Gasteiger partial charge in [-0.15, -0.1) is 0 Å². The van der Waals surface area contributed by atoms with Crippen LogP contribution in [0.15, 0.2) is 18.2 Å². The summed E-state index contributed by atoms with van der Waals surface area (Å²) in [5, 5.41) is 22.1. The van der Waals surface area contributed by atoms with Gasteiger partial charge in [-0.2, -0.15) is 5.26 Å². The van der Waals surface area contributed by atoms with Gasteiger partial charge in [0, 0.05) is 17.9 Å². The number of hydrogen-bond donors (Lipinski definition) is 3. The van der Waals surface area contributed by atoms with E-state index in [1.807, 2.05) is 26.0 Å². The van der Waals surface area contributed by atoms with Gasteiger partial charge in [-0.1, -0.05) is 13.8 Å². The molecule has 17 heavy (non-hydrogen) atoms. The third-order valence-corrected chi connectivity index (χ3v) is 3.11. The van der Waals surface area contributed by atoms with Gasteiger partial charge in [0.25, 0.3) is 0 Å². The van der Waals surface area contributed by atoms with Crippen LogP contribution < -0.4 is 11.1 Å². The lowest BCUT2D eigenvalue weighted by molar-refractivity contribution is 0.0457. The first-order valence-electron chi connectivity index (χ1n) is 5.80. The number of benzene rings is 1. The molecule has 0 fully saturated rings. The van der Waals surface area contributed by atoms with Crippen LogP contribution in [-0.4, -0.2) is 17.3 Å². The van der Waals surface area contributed by atoms with Crippen molar-refractivity contribution < 1.29 is 5.11 Å². The van der Waals surface area contributed by atoms with Crippen LogP contribution in [0.2, 0.25) is 0 Å². The van der Waals surface area contributed by atoms with Gasteiger partial charge in [0.1, 0.15) is 6.07 Å². The molecule has 0 aliphatic carbocycles. The third-order valence-electron chi connectivity index (χ3n) is 3.11. The Morgan fingerprint density at radius 1 is 1.41 bits per heavy atom. The van der Waals surface area contributed by atoms with E-state index < -0.39 is 5.60 Å². The Morgan fingerprint density at radius 2 is 2.06 bits per heavy atom. The first-order chi connectivity index (χ1) is 8.04. The van der Waals surface area contributed by atoms with Gasteiger partial charge in [0.05, 0.1) is 11.2 Å². The highest BCUT2D eigenvalue weighted by Gasteiger charge is 2.21. The number of aliphatic hydroxyl groups is 1. The van der Waals surface area contributed by atoms with Crippen molar-refractivity contribution >= 4 is 11.4 Å². The van der Waals surface area contributed by atoms with E-state index in [2.05, 4.69) is 5.32 Å². The molecule has 0 aliphatic heterocycles. The van der Waals surface area contributed by atoms with Crippen molar-refractivity contribution in [2.75, 3.05) is 17.6 Å². The normalized spacial score (nSPS) is 10.9. The summed E-state index contributed by atoms with van der Waals surface area (Å²) in [5.74, 6) is 0. The predicted octanol–water partition coefficient (Wildman–Crippen LogP) is 2.10. The second-order valence-electron chi connectivity index (χ2n) is 4.20. The maximum Gasteiger partial charge on any atom is 0.101 e. The average Bonchev–Trinajstić information content (AvgIpc) is 2.37. The number of rotatable bonds is 5. The molecule has 0 spiro atoms. The molecule has 0 saturated heterocycles. The molecule has 1 aromatic rings. The van der Waals surface area contributed by atoms with E-state index in [0.717, 1.165) is 5.69 Å². The lowest BCUT2D eigenvalue weighted by atomic mass is 9.97. The highest BCUT2D eigenvalue weighted by atomic mass is 16.3. The van der Waals surface area contributed by atoms with Crippen LogP contribution in [0.25, 0.3) is 0 Å². The van der Waals surface area contributed by atoms with Crippen LogP contribution in [0, 0.1) is 11.3 Å². The molecular weight excluding hydrogens is 214 g/mol. The molecule has 0 radical (unpaired) electrons. The molecule has 0 heterocycles. The second-order valence-corrected chi connectivity index (χ2v) is 4.20. The summed E-state index contributed by atoms with van der Waals surface area (Å²) in [6.07, 6.45) is 1.38. The Balaban J connectivity index is 2.74. The summed E-state index contributed by atoms with van der Waals surface area (Å²) in [5.41, 5.74) is 6.66. The maximum atomic E-state index is 10.1. The molecule has 0 unspecified atom stereocenters. The summed E-state index contributed by atoms with van der Waals surface area (Å²) >= 11 is 0. The van der Waals surface area contributed by atoms with Crippen molar-refractivity contribution in [3.05, 3.63) is 23.8 Å². The van der Waals surface area contributed by atoms with Gasteiger partial charge in [-0.05, 0) is 31.0 Å². The third kappa shape index (κ3) is 3.36. The topological polar surface area (TPSA) is 82.1 Å². The lowest BCUT2D eigenvalue weighted by Crippen LogP contribution is -2.35. The van der Waals surface area contributed by atoms with E-state index in [4.69, 9.17) is 11.0 Å². The number of nitrogens with two attached hydrogens (primary N) is 1. The summed E-state index contributed by atoms with van der Waals surface area (Å²) in [4.78, 5) is 0. The van der Waals surface area contributed by atoms with Gasteiger partial charge in [-0.25, -0.2) is 0 Å². The first kappa shape index (κ1) is 13.3. The average molecular weight is 233 g/mol. The summed E-state index contributed by atoms with van der Waals surface area (Å²) in [6, 6.07) is 7.23. The fourth-order valence-electron chi connectivity index (χ4n) is 1.53. The molecule has 0 aliphatic rings. The lowest BCUT2D eigenvalue weighted by Gasteiger charge is -2.26. The van der Waals surface area contributed by atoms with Crippen molar-refractivity contribution in [3.63, 3.8) is 0 Å². The van der Waals surface area contributed by atoms with Crippen molar-refractivity contribution in [1.29, 1.82) is 5.26 Å². The molecule has 4 heteroatoms. The van der Waals surface area contributed by atoms with E-state index in [0.29, 0.717) is 30.6 Å². The summed E-state index contributed by atoms with van der Waals surface area (Å²) in [7, 11) is 0. The highest BCUT2D eigenvalue weighted by Crippen LogP contribution is 2.19. The molecule has 0 saturated carbocycles. The summed E-state index contributed by atoms with van der Waals surface area (Å²) < 4.78 is 0. The Bertz CT molecular complexity index is 419. The first-order valence-corrected chi connectivity index (χ1v) is 5.80. The van der Waals surface area contributed by atoms with Crippen LogP contribution in [0.5, 0.6) is 0 Å². The zero-order chi connectivity index (χ0) is 12.9. The minimum absolute atomic E-state index is 0.450. The maximum absolute atomic E-state index is 10.1. The Kier molecular flexibility index (Phi) is 4.36. The quantitative estimate of drug-likeness (QED) is 0.680. The minimum atomic E-state index is -0.700. The Hall–Kier alpha value is -1.73. The second kappa shape index (κ2) is 5.55. The van der Waals surface area contributed by atoms with Crippen LogP contribution in [-0.2, 0) is 0 Å². The van der Waals surface area contributed by atoms with Crippen molar-refractivity contribution in [3.8, 4) is 6.07 Å². The Morgan fingerprint density at radius 3 is 2.59 bits per heavy atom. The van der Waals surface area contributed by atoms with E-state index in [1.54, 1.807) is 12.1 Å². The van der Waals surface area contributed by atoms with Crippen LogP contribution >= 0.6 is 0 Å². The van der Waals surface area contributed by atoms with E-state index in [1.165, 1.54) is 0 Å². The van der Waals surface area contributed by atoms with E-state index in [9.17, 15) is 5.11 Å². The monoisotopic (exact) mass is 233 g/mol. The van der Waals surface area contributed by atoms with Gasteiger partial charge < -0.3 is 16.2 Å². The number of nitrogens with one attached hydrogen (secondary N) is 1. The minimum Gasteiger partial charge on any atom is -0.398 e. The predicted molar refractivity (Wildman–Crippen MR) is 69.6 cm³/mol. The SMILES string of the molecule is CCC(O)(CC)CNc1ccc(N)c(C#N)c1. The van der Waals surface area contributed by atoms with Crippen LogP contribution in [0.1, 0.15) is 32.3 Å². The molecule has 1 aromatic carbocycles. The van der Waals surface area contributed by atoms with Crippen molar-refractivity contribution in [1.82, 2.24) is 0 Å². The van der Waals surface area contributed by atoms with Crippen LogP contribution in [0.4, 0.5) is 11.4 Å². The molecule has 92 valence electrons. The molecule has 4 nitrogen and oxygen atoms in total. The van der Waals surface area contributed by atoms with Crippen LogP contribution in [0.3, 0.4) is 0 Å². The number of hydrogen-bond acceptors (Lipinski definition) is 4. The molecular formula is C13H19N3O. The molecule has 0 aromatic heterocycles.